The summed E-state index contributed by atoms with van der Waals surface area (Å²) in [5.74, 6) is 0. The molecule has 0 saturated heterocycles. The Bertz CT molecular complexity index is 303. The number of nitrogens with one attached hydrogen (secondary N) is 1. The van der Waals surface area contributed by atoms with Crippen LogP contribution in [0.1, 0.15) is 20.8 Å². The molecule has 0 rings (SSSR count). The van der Waals surface area contributed by atoms with E-state index in [1.165, 1.54) is 0 Å². The second kappa shape index (κ2) is 14.2. The average Bonchev–Trinajstić information content (AvgIpc) is 2.39. The quantitative estimate of drug-likeness (QED) is 0.634. The fraction of sp³-hybridized carbons (Fsp3) is 0.250. The molecule has 0 aliphatic carbocycles. The first kappa shape index (κ1) is 17.6. The maximum absolute atomic E-state index is 3.74. The van der Waals surface area contributed by atoms with E-state index in [4.69, 9.17) is 0 Å². The third-order valence-electron chi connectivity index (χ3n) is 1.81. The molecule has 0 bridgehead atoms. The standard InChI is InChI=1S/C14H19N.C2H6/c1-5-9-11-14(8-4)15-12-13(7-3)10-6-2;1-2/h5-11,15H,1-3,12H2,4H3;1-2H3/b11-9-,13-10+,14-8+;. The van der Waals surface area contributed by atoms with Gasteiger partial charge in [-0.25, -0.2) is 0 Å². The third-order valence-corrected chi connectivity index (χ3v) is 1.81. The van der Waals surface area contributed by atoms with Gasteiger partial charge in [0.15, 0.2) is 0 Å². The van der Waals surface area contributed by atoms with E-state index >= 15 is 0 Å². The van der Waals surface area contributed by atoms with Crippen LogP contribution in [0.2, 0.25) is 0 Å². The van der Waals surface area contributed by atoms with Crippen LogP contribution in [0.3, 0.4) is 0 Å². The molecule has 0 aromatic heterocycles. The van der Waals surface area contributed by atoms with Gasteiger partial charge >= 0.3 is 0 Å². The number of hydrogen-bond donors (Lipinski definition) is 1. The Morgan fingerprint density at radius 2 is 1.76 bits per heavy atom. The van der Waals surface area contributed by atoms with Crippen molar-refractivity contribution >= 4 is 0 Å². The van der Waals surface area contributed by atoms with Crippen molar-refractivity contribution < 1.29 is 0 Å². The first-order valence-corrected chi connectivity index (χ1v) is 5.91. The fourth-order valence-corrected chi connectivity index (χ4v) is 0.984. The van der Waals surface area contributed by atoms with Gasteiger partial charge < -0.3 is 5.32 Å². The molecule has 0 unspecified atom stereocenters. The van der Waals surface area contributed by atoms with Gasteiger partial charge in [-0.1, -0.05) is 70.0 Å². The molecule has 94 valence electrons. The van der Waals surface area contributed by atoms with Crippen LogP contribution in [0.25, 0.3) is 0 Å². The maximum Gasteiger partial charge on any atom is 0.0400 e. The lowest BCUT2D eigenvalue weighted by Gasteiger charge is -2.06. The topological polar surface area (TPSA) is 12.0 Å². The summed E-state index contributed by atoms with van der Waals surface area (Å²) in [5.41, 5.74) is 2.17. The zero-order valence-electron chi connectivity index (χ0n) is 11.4. The Hall–Kier alpha value is -1.76. The summed E-state index contributed by atoms with van der Waals surface area (Å²) < 4.78 is 0. The van der Waals surface area contributed by atoms with Crippen molar-refractivity contribution in [2.24, 2.45) is 0 Å². The molecular formula is C16H25N. The normalized spacial score (nSPS) is 11.5. The molecule has 0 amide bonds. The molecule has 1 heteroatoms. The van der Waals surface area contributed by atoms with Gasteiger partial charge in [0.05, 0.1) is 0 Å². The number of allylic oxidation sites excluding steroid dienone is 6. The van der Waals surface area contributed by atoms with Gasteiger partial charge in [-0.3, -0.25) is 0 Å². The van der Waals surface area contributed by atoms with E-state index < -0.39 is 0 Å². The van der Waals surface area contributed by atoms with Crippen LogP contribution >= 0.6 is 0 Å². The van der Waals surface area contributed by atoms with E-state index in [-0.39, 0.29) is 0 Å². The molecule has 0 aliphatic rings. The van der Waals surface area contributed by atoms with Crippen molar-refractivity contribution in [1.29, 1.82) is 0 Å². The molecule has 0 spiro atoms. The Labute approximate surface area is 107 Å². The molecule has 0 fully saturated rings. The highest BCUT2D eigenvalue weighted by Crippen LogP contribution is 1.98. The van der Waals surface area contributed by atoms with Crippen molar-refractivity contribution in [3.8, 4) is 0 Å². The van der Waals surface area contributed by atoms with Gasteiger partial charge in [-0.15, -0.1) is 0 Å². The van der Waals surface area contributed by atoms with E-state index in [0.29, 0.717) is 0 Å². The highest BCUT2D eigenvalue weighted by Gasteiger charge is 1.91. The van der Waals surface area contributed by atoms with Crippen LogP contribution in [-0.4, -0.2) is 6.54 Å². The summed E-state index contributed by atoms with van der Waals surface area (Å²) in [6.07, 6.45) is 13.1. The van der Waals surface area contributed by atoms with E-state index in [2.05, 4.69) is 25.1 Å². The molecule has 0 aromatic carbocycles. The van der Waals surface area contributed by atoms with Gasteiger partial charge in [0.25, 0.3) is 0 Å². The van der Waals surface area contributed by atoms with Crippen LogP contribution < -0.4 is 5.32 Å². The largest absolute Gasteiger partial charge is 0.381 e. The summed E-state index contributed by atoms with van der Waals surface area (Å²) in [4.78, 5) is 0. The molecule has 17 heavy (non-hydrogen) atoms. The molecule has 1 N–H and O–H groups in total. The molecule has 0 radical (unpaired) electrons. The molecule has 0 aliphatic heterocycles. The Morgan fingerprint density at radius 3 is 2.18 bits per heavy atom. The summed E-state index contributed by atoms with van der Waals surface area (Å²) in [7, 11) is 0. The first-order valence-electron chi connectivity index (χ1n) is 5.91. The number of hydrogen-bond acceptors (Lipinski definition) is 1. The Morgan fingerprint density at radius 1 is 1.12 bits per heavy atom. The second-order valence-electron chi connectivity index (χ2n) is 2.87. The van der Waals surface area contributed by atoms with E-state index in [0.717, 1.165) is 17.8 Å². The van der Waals surface area contributed by atoms with Crippen molar-refractivity contribution in [2.75, 3.05) is 6.54 Å². The average molecular weight is 231 g/mol. The van der Waals surface area contributed by atoms with Crippen LogP contribution in [0.4, 0.5) is 0 Å². The summed E-state index contributed by atoms with van der Waals surface area (Å²) in [5, 5.41) is 3.28. The van der Waals surface area contributed by atoms with Gasteiger partial charge in [-0.05, 0) is 18.6 Å². The minimum absolute atomic E-state index is 0.747. The smallest absolute Gasteiger partial charge is 0.0400 e. The Balaban J connectivity index is 0. The Kier molecular flexibility index (Phi) is 14.8. The predicted octanol–water partition coefficient (Wildman–Crippen LogP) is 4.55. The summed E-state index contributed by atoms with van der Waals surface area (Å²) in [6, 6.07) is 0. The van der Waals surface area contributed by atoms with Crippen LogP contribution in [0, 0.1) is 0 Å². The highest BCUT2D eigenvalue weighted by molar-refractivity contribution is 5.26. The van der Waals surface area contributed by atoms with E-state index in [1.807, 2.05) is 51.2 Å². The summed E-state index contributed by atoms with van der Waals surface area (Å²) in [6.45, 7) is 17.7. The van der Waals surface area contributed by atoms with Gasteiger partial charge in [-0.2, -0.15) is 0 Å². The lowest BCUT2D eigenvalue weighted by molar-refractivity contribution is 0.908. The highest BCUT2D eigenvalue weighted by atomic mass is 14.9. The van der Waals surface area contributed by atoms with Crippen LogP contribution in [0.15, 0.2) is 73.5 Å². The maximum atomic E-state index is 3.74. The minimum Gasteiger partial charge on any atom is -0.381 e. The van der Waals surface area contributed by atoms with Crippen molar-refractivity contribution in [1.82, 2.24) is 5.32 Å². The third kappa shape index (κ3) is 10.5. The fourth-order valence-electron chi connectivity index (χ4n) is 0.984. The lowest BCUT2D eigenvalue weighted by atomic mass is 10.2. The molecular weight excluding hydrogens is 206 g/mol. The molecule has 0 aromatic rings. The van der Waals surface area contributed by atoms with Gasteiger partial charge in [0.1, 0.15) is 0 Å². The SMILES string of the molecule is C=C/C=C\C(=C/C)NC/C(C=C)=C/C=C.CC. The van der Waals surface area contributed by atoms with Crippen molar-refractivity contribution in [2.45, 2.75) is 20.8 Å². The van der Waals surface area contributed by atoms with Gasteiger partial charge in [0, 0.05) is 12.2 Å². The zero-order chi connectivity index (χ0) is 13.5. The van der Waals surface area contributed by atoms with Gasteiger partial charge in [0.2, 0.25) is 0 Å². The van der Waals surface area contributed by atoms with Crippen molar-refractivity contribution in [3.63, 3.8) is 0 Å². The number of rotatable bonds is 7. The van der Waals surface area contributed by atoms with E-state index in [9.17, 15) is 0 Å². The second-order valence-corrected chi connectivity index (χ2v) is 2.87. The first-order chi connectivity index (χ1) is 8.28. The van der Waals surface area contributed by atoms with E-state index in [1.54, 1.807) is 12.2 Å². The molecule has 0 heterocycles. The van der Waals surface area contributed by atoms with Crippen LogP contribution in [0.5, 0.6) is 0 Å². The molecule has 0 atom stereocenters. The predicted molar refractivity (Wildman–Crippen MR) is 80.9 cm³/mol. The lowest BCUT2D eigenvalue weighted by Crippen LogP contribution is -2.14. The monoisotopic (exact) mass is 231 g/mol. The minimum atomic E-state index is 0.747. The molecule has 1 nitrogen and oxygen atoms in total. The molecule has 0 saturated carbocycles. The zero-order valence-corrected chi connectivity index (χ0v) is 11.4. The summed E-state index contributed by atoms with van der Waals surface area (Å²) >= 11 is 0. The van der Waals surface area contributed by atoms with Crippen LogP contribution in [-0.2, 0) is 0 Å². The van der Waals surface area contributed by atoms with Crippen molar-refractivity contribution in [3.05, 3.63) is 73.5 Å².